The first kappa shape index (κ1) is 23.7. The Balaban J connectivity index is 0.000000346. The molecule has 7 nitrogen and oxygen atoms in total. The van der Waals surface area contributed by atoms with Gasteiger partial charge in [0.1, 0.15) is 11.7 Å². The van der Waals surface area contributed by atoms with Gasteiger partial charge < -0.3 is 9.80 Å². The first-order valence-corrected chi connectivity index (χ1v) is 9.15. The number of hydrogen-bond acceptors (Lipinski definition) is 6. The van der Waals surface area contributed by atoms with Crippen LogP contribution in [0.25, 0.3) is 0 Å². The molecule has 0 atom stereocenters. The Kier molecular flexibility index (Phi) is 12.7. The Morgan fingerprint density at radius 2 is 1.50 bits per heavy atom. The van der Waals surface area contributed by atoms with E-state index in [2.05, 4.69) is 38.8 Å². The Hall–Kier alpha value is -2.31. The smallest absolute Gasteiger partial charge is 0.249 e. The number of aromatic nitrogens is 2. The second-order valence-electron chi connectivity index (χ2n) is 5.72. The van der Waals surface area contributed by atoms with Crippen LogP contribution in [0.3, 0.4) is 0 Å². The molecule has 1 aromatic heterocycles. The lowest BCUT2D eigenvalue weighted by atomic mass is 10.3. The summed E-state index contributed by atoms with van der Waals surface area (Å²) in [6, 6.07) is 1.80. The largest absolute Gasteiger partial charge is 0.364 e. The van der Waals surface area contributed by atoms with E-state index in [0.717, 1.165) is 24.7 Å². The second kappa shape index (κ2) is 13.9. The number of amidine groups is 2. The lowest BCUT2D eigenvalue weighted by molar-refractivity contribution is -0.118. The van der Waals surface area contributed by atoms with Gasteiger partial charge in [0.2, 0.25) is 5.91 Å². The van der Waals surface area contributed by atoms with E-state index >= 15 is 0 Å². The van der Waals surface area contributed by atoms with Crippen molar-refractivity contribution in [3.8, 4) is 0 Å². The summed E-state index contributed by atoms with van der Waals surface area (Å²) >= 11 is 0. The number of amides is 1. The van der Waals surface area contributed by atoms with E-state index in [9.17, 15) is 4.79 Å². The van der Waals surface area contributed by atoms with Crippen molar-refractivity contribution in [1.29, 1.82) is 0 Å². The molecule has 3 heterocycles. The van der Waals surface area contributed by atoms with Crippen LogP contribution < -0.4 is 0 Å². The van der Waals surface area contributed by atoms with Gasteiger partial charge in [-0.15, -0.1) is 0 Å². The van der Waals surface area contributed by atoms with E-state index in [0.29, 0.717) is 6.42 Å². The van der Waals surface area contributed by atoms with E-state index < -0.39 is 0 Å². The zero-order valence-electron chi connectivity index (χ0n) is 17.4. The first-order valence-electron chi connectivity index (χ1n) is 9.15. The van der Waals surface area contributed by atoms with E-state index in [-0.39, 0.29) is 5.91 Å². The summed E-state index contributed by atoms with van der Waals surface area (Å²) in [6.45, 7) is 12.8. The highest BCUT2D eigenvalue weighted by Crippen LogP contribution is 2.00. The molecule has 7 heteroatoms. The zero-order valence-corrected chi connectivity index (χ0v) is 17.4. The quantitative estimate of drug-likeness (QED) is 0.709. The lowest BCUT2D eigenvalue weighted by Gasteiger charge is -2.21. The summed E-state index contributed by atoms with van der Waals surface area (Å²) in [5.41, 5.74) is 0. The molecule has 0 fully saturated rings. The molecule has 0 saturated carbocycles. The van der Waals surface area contributed by atoms with Crippen molar-refractivity contribution in [2.24, 2.45) is 9.98 Å². The highest BCUT2D eigenvalue weighted by Gasteiger charge is 2.11. The van der Waals surface area contributed by atoms with Crippen molar-refractivity contribution in [2.45, 2.75) is 47.5 Å². The molecule has 0 unspecified atom stereocenters. The molecule has 0 spiro atoms. The van der Waals surface area contributed by atoms with Gasteiger partial charge in [-0.25, -0.2) is 15.0 Å². The van der Waals surface area contributed by atoms with Crippen LogP contribution in [0.5, 0.6) is 0 Å². The molecule has 2 aliphatic rings. The Bertz CT molecular complexity index is 571. The minimum absolute atomic E-state index is 0.00519. The Labute approximate surface area is 158 Å². The number of hydrogen-bond donors (Lipinski definition) is 0. The predicted octanol–water partition coefficient (Wildman–Crippen LogP) is 2.82. The molecule has 1 aromatic rings. The fourth-order valence-electron chi connectivity index (χ4n) is 1.95. The molecule has 3 rings (SSSR count). The van der Waals surface area contributed by atoms with E-state index in [1.807, 2.05) is 39.6 Å². The van der Waals surface area contributed by atoms with Crippen molar-refractivity contribution in [3.05, 3.63) is 24.3 Å². The van der Waals surface area contributed by atoms with Gasteiger partial charge in [0.25, 0.3) is 0 Å². The molecule has 2 aliphatic heterocycles. The highest BCUT2D eigenvalue weighted by molar-refractivity contribution is 5.95. The molecular formula is C19H34N6O. The number of carbonyl (C=O) groups is 1. The van der Waals surface area contributed by atoms with Crippen molar-refractivity contribution < 1.29 is 4.79 Å². The van der Waals surface area contributed by atoms with Gasteiger partial charge in [0.15, 0.2) is 0 Å². The normalized spacial score (nSPS) is 15.9. The average Bonchev–Trinajstić information content (AvgIpc) is 2.64. The minimum atomic E-state index is 0.00519. The van der Waals surface area contributed by atoms with Crippen LogP contribution in [0, 0.1) is 6.92 Å². The fourth-order valence-corrected chi connectivity index (χ4v) is 1.95. The first-order chi connectivity index (χ1) is 12.4. The summed E-state index contributed by atoms with van der Waals surface area (Å²) in [4.78, 5) is 30.5. The van der Waals surface area contributed by atoms with Crippen LogP contribution >= 0.6 is 0 Å². The SMILES string of the molecule is CC.CC1=NC(=O)CCN1C.CC1=NCCCN1C.Cc1ncccn1. The average molecular weight is 363 g/mol. The summed E-state index contributed by atoms with van der Waals surface area (Å²) < 4.78 is 0. The maximum Gasteiger partial charge on any atom is 0.249 e. The van der Waals surface area contributed by atoms with Crippen LogP contribution in [0.15, 0.2) is 28.4 Å². The fraction of sp³-hybridized carbons (Fsp3) is 0.632. The highest BCUT2D eigenvalue weighted by atomic mass is 16.1. The molecule has 146 valence electrons. The molecule has 0 bridgehead atoms. The predicted molar refractivity (Wildman–Crippen MR) is 109 cm³/mol. The van der Waals surface area contributed by atoms with Crippen LogP contribution in [-0.2, 0) is 4.79 Å². The molecule has 0 aliphatic carbocycles. The van der Waals surface area contributed by atoms with Crippen LogP contribution in [0.2, 0.25) is 0 Å². The standard InChI is InChI=1S/C6H10N2O.C6H12N2.C5H6N2.C2H6/c1-5-7-6(9)3-4-8(5)2;1-6-7-4-3-5-8(6)2;1-5-6-3-2-4-7-5;1-2/h3-4H2,1-2H3;3-5H2,1-2H3;2-4H,1H3;1-2H3. The minimum Gasteiger partial charge on any atom is -0.364 e. The van der Waals surface area contributed by atoms with Crippen LogP contribution in [0.4, 0.5) is 0 Å². The van der Waals surface area contributed by atoms with E-state index in [1.54, 1.807) is 18.5 Å². The summed E-state index contributed by atoms with van der Waals surface area (Å²) in [5, 5.41) is 0. The second-order valence-corrected chi connectivity index (χ2v) is 5.72. The number of carbonyl (C=O) groups excluding carboxylic acids is 1. The topological polar surface area (TPSA) is 74.1 Å². The van der Waals surface area contributed by atoms with E-state index in [4.69, 9.17) is 0 Å². The van der Waals surface area contributed by atoms with Crippen LogP contribution in [0.1, 0.15) is 46.4 Å². The zero-order chi connectivity index (χ0) is 19.9. The lowest BCUT2D eigenvalue weighted by Crippen LogP contribution is -2.31. The molecule has 0 saturated heterocycles. The van der Waals surface area contributed by atoms with Crippen molar-refractivity contribution >= 4 is 17.6 Å². The molecule has 26 heavy (non-hydrogen) atoms. The van der Waals surface area contributed by atoms with Gasteiger partial charge in [-0.2, -0.15) is 0 Å². The maximum atomic E-state index is 10.6. The van der Waals surface area contributed by atoms with Crippen LogP contribution in [-0.4, -0.2) is 71.1 Å². The third-order valence-corrected chi connectivity index (χ3v) is 3.74. The molecule has 0 aromatic carbocycles. The summed E-state index contributed by atoms with van der Waals surface area (Å²) in [5.74, 6) is 2.83. The number of nitrogens with zero attached hydrogens (tertiary/aromatic N) is 6. The summed E-state index contributed by atoms with van der Waals surface area (Å²) in [6.07, 6.45) is 5.23. The molecular weight excluding hydrogens is 328 g/mol. The van der Waals surface area contributed by atoms with Gasteiger partial charge in [-0.3, -0.25) is 9.79 Å². The molecule has 0 N–H and O–H groups in total. The number of rotatable bonds is 0. The third kappa shape index (κ3) is 10.5. The van der Waals surface area contributed by atoms with Crippen molar-refractivity contribution in [1.82, 2.24) is 19.8 Å². The van der Waals surface area contributed by atoms with Gasteiger partial charge in [0.05, 0.1) is 5.84 Å². The van der Waals surface area contributed by atoms with Crippen molar-refractivity contribution in [3.63, 3.8) is 0 Å². The van der Waals surface area contributed by atoms with Gasteiger partial charge in [0, 0.05) is 52.5 Å². The van der Waals surface area contributed by atoms with Gasteiger partial charge >= 0.3 is 0 Å². The third-order valence-electron chi connectivity index (χ3n) is 3.74. The summed E-state index contributed by atoms with van der Waals surface area (Å²) in [7, 11) is 4.02. The van der Waals surface area contributed by atoms with Gasteiger partial charge in [-0.05, 0) is 33.3 Å². The number of aryl methyl sites for hydroxylation is 1. The number of aliphatic imine (C=N–C) groups is 2. The molecule has 1 amide bonds. The van der Waals surface area contributed by atoms with E-state index in [1.165, 1.54) is 18.8 Å². The van der Waals surface area contributed by atoms with Gasteiger partial charge in [-0.1, -0.05) is 13.8 Å². The maximum absolute atomic E-state index is 10.6. The molecule has 0 radical (unpaired) electrons. The Morgan fingerprint density at radius 3 is 1.85 bits per heavy atom. The monoisotopic (exact) mass is 362 g/mol. The van der Waals surface area contributed by atoms with Crippen molar-refractivity contribution in [2.75, 3.05) is 33.7 Å². The Morgan fingerprint density at radius 1 is 0.923 bits per heavy atom.